The quantitative estimate of drug-likeness (QED) is 0.141. The highest BCUT2D eigenvalue weighted by atomic mass is 16.3. The summed E-state index contributed by atoms with van der Waals surface area (Å²) in [7, 11) is 0. The molecule has 0 spiro atoms. The maximum atomic E-state index is 10.3. The number of phenols is 8. The lowest BCUT2D eigenvalue weighted by Gasteiger charge is -2.29. The molecule has 0 saturated heterocycles. The van der Waals surface area contributed by atoms with E-state index < -0.39 is 34.5 Å². The van der Waals surface area contributed by atoms with E-state index in [0.717, 1.165) is 11.1 Å². The van der Waals surface area contributed by atoms with E-state index in [1.807, 2.05) is 12.1 Å². The monoisotopic (exact) mass is 518 g/mol. The normalized spacial score (nSPS) is 12.7. The first kappa shape index (κ1) is 26.3. The largest absolute Gasteiger partial charge is 0.508 e. The molecule has 4 aromatic rings. The van der Waals surface area contributed by atoms with E-state index in [0.29, 0.717) is 36.8 Å². The van der Waals surface area contributed by atoms with E-state index in [9.17, 15) is 40.9 Å². The molecule has 38 heavy (non-hydrogen) atoms. The number of hydrogen-bond donors (Lipinski definition) is 8. The zero-order valence-corrected chi connectivity index (χ0v) is 20.5. The maximum Gasteiger partial charge on any atom is 0.200 e. The molecule has 0 unspecified atom stereocenters. The SMILES string of the molecule is Oc1cccc(C[C@H](CCc2cc(O)c(O)c(O)c2)[C@H](Cc2cccc(O)c2)c2cc(O)c(O)c(O)c2)c1. The molecule has 0 bridgehead atoms. The Balaban J connectivity index is 1.76. The van der Waals surface area contributed by atoms with Gasteiger partial charge in [-0.1, -0.05) is 24.3 Å². The van der Waals surface area contributed by atoms with Crippen LogP contribution in [0, 0.1) is 5.92 Å². The van der Waals surface area contributed by atoms with E-state index in [-0.39, 0.29) is 23.3 Å². The first-order valence-corrected chi connectivity index (χ1v) is 12.1. The molecule has 0 aliphatic carbocycles. The van der Waals surface area contributed by atoms with Crippen LogP contribution in [-0.4, -0.2) is 40.9 Å². The highest BCUT2D eigenvalue weighted by Crippen LogP contribution is 2.43. The third kappa shape index (κ3) is 6.15. The minimum atomic E-state index is -0.621. The van der Waals surface area contributed by atoms with Crippen molar-refractivity contribution in [2.45, 2.75) is 31.6 Å². The Morgan fingerprint density at radius 1 is 0.500 bits per heavy atom. The van der Waals surface area contributed by atoms with Crippen LogP contribution in [0.4, 0.5) is 0 Å². The second-order valence-electron chi connectivity index (χ2n) is 9.54. The van der Waals surface area contributed by atoms with Crippen LogP contribution in [0.25, 0.3) is 0 Å². The summed E-state index contributed by atoms with van der Waals surface area (Å²) in [4.78, 5) is 0. The maximum absolute atomic E-state index is 10.3. The summed E-state index contributed by atoms with van der Waals surface area (Å²) in [6.07, 6.45) is 1.80. The topological polar surface area (TPSA) is 162 Å². The second kappa shape index (κ2) is 11.1. The number of benzene rings is 4. The van der Waals surface area contributed by atoms with Crippen molar-refractivity contribution in [2.75, 3.05) is 0 Å². The van der Waals surface area contributed by atoms with Crippen LogP contribution in [0.2, 0.25) is 0 Å². The zero-order valence-electron chi connectivity index (χ0n) is 20.5. The highest BCUT2D eigenvalue weighted by molar-refractivity contribution is 5.53. The molecule has 4 rings (SSSR count). The molecule has 0 saturated carbocycles. The molecule has 0 amide bonds. The van der Waals surface area contributed by atoms with Crippen LogP contribution in [0.1, 0.15) is 34.6 Å². The van der Waals surface area contributed by atoms with Crippen LogP contribution >= 0.6 is 0 Å². The molecule has 198 valence electrons. The third-order valence-electron chi connectivity index (χ3n) is 6.80. The highest BCUT2D eigenvalue weighted by Gasteiger charge is 2.27. The molecule has 0 fully saturated rings. The van der Waals surface area contributed by atoms with Gasteiger partial charge in [-0.25, -0.2) is 0 Å². The summed E-state index contributed by atoms with van der Waals surface area (Å²) in [6, 6.07) is 19.2. The molecule has 4 aromatic carbocycles. The van der Waals surface area contributed by atoms with Gasteiger partial charge < -0.3 is 40.9 Å². The predicted octanol–water partition coefficient (Wildman–Crippen LogP) is 5.15. The van der Waals surface area contributed by atoms with Gasteiger partial charge in [0.25, 0.3) is 0 Å². The fourth-order valence-corrected chi connectivity index (χ4v) is 4.92. The van der Waals surface area contributed by atoms with Gasteiger partial charge in [0.1, 0.15) is 11.5 Å². The minimum Gasteiger partial charge on any atom is -0.508 e. The molecule has 2 atom stereocenters. The van der Waals surface area contributed by atoms with Crippen LogP contribution in [0.5, 0.6) is 46.0 Å². The first-order chi connectivity index (χ1) is 18.1. The van der Waals surface area contributed by atoms with Gasteiger partial charge in [0.05, 0.1) is 0 Å². The zero-order chi connectivity index (χ0) is 27.4. The fourth-order valence-electron chi connectivity index (χ4n) is 4.92. The van der Waals surface area contributed by atoms with Crippen LogP contribution in [0.15, 0.2) is 72.8 Å². The van der Waals surface area contributed by atoms with E-state index >= 15 is 0 Å². The molecular weight excluding hydrogens is 488 g/mol. The Morgan fingerprint density at radius 3 is 1.47 bits per heavy atom. The third-order valence-corrected chi connectivity index (χ3v) is 6.80. The van der Waals surface area contributed by atoms with Crippen LogP contribution in [0.3, 0.4) is 0 Å². The Bertz CT molecular complexity index is 1390. The van der Waals surface area contributed by atoms with Crippen molar-refractivity contribution in [1.82, 2.24) is 0 Å². The number of rotatable bonds is 9. The van der Waals surface area contributed by atoms with Gasteiger partial charge in [0.2, 0.25) is 0 Å². The Kier molecular flexibility index (Phi) is 7.71. The Morgan fingerprint density at radius 2 is 0.974 bits per heavy atom. The second-order valence-corrected chi connectivity index (χ2v) is 9.54. The lowest BCUT2D eigenvalue weighted by Crippen LogP contribution is -2.19. The Hall–Kier alpha value is -4.72. The number of phenolic OH excluding ortho intramolecular Hbond substituents is 8. The molecule has 8 nitrogen and oxygen atoms in total. The van der Waals surface area contributed by atoms with Crippen molar-refractivity contribution in [3.8, 4) is 46.0 Å². The van der Waals surface area contributed by atoms with Crippen LogP contribution in [-0.2, 0) is 19.3 Å². The van der Waals surface area contributed by atoms with Crippen molar-refractivity contribution < 1.29 is 40.9 Å². The van der Waals surface area contributed by atoms with E-state index in [1.54, 1.807) is 36.4 Å². The number of aromatic hydroxyl groups is 8. The van der Waals surface area contributed by atoms with Crippen molar-refractivity contribution >= 4 is 0 Å². The lowest BCUT2D eigenvalue weighted by atomic mass is 9.75. The summed E-state index contributed by atoms with van der Waals surface area (Å²) in [5, 5.41) is 80.2. The average molecular weight is 519 g/mol. The molecule has 0 aliphatic heterocycles. The van der Waals surface area contributed by atoms with Gasteiger partial charge in [-0.2, -0.15) is 0 Å². The molecular formula is C30H30O8. The molecule has 0 heterocycles. The molecule has 0 aliphatic rings. The Labute approximate surface area is 219 Å². The van der Waals surface area contributed by atoms with Gasteiger partial charge in [-0.15, -0.1) is 0 Å². The van der Waals surface area contributed by atoms with Crippen LogP contribution < -0.4 is 0 Å². The van der Waals surface area contributed by atoms with E-state index in [2.05, 4.69) is 0 Å². The molecule has 0 aromatic heterocycles. The van der Waals surface area contributed by atoms with Gasteiger partial charge in [-0.3, -0.25) is 0 Å². The number of hydrogen-bond acceptors (Lipinski definition) is 8. The van der Waals surface area contributed by atoms with E-state index in [1.165, 1.54) is 24.3 Å². The molecule has 0 radical (unpaired) electrons. The van der Waals surface area contributed by atoms with Crippen molar-refractivity contribution in [3.63, 3.8) is 0 Å². The fraction of sp³-hybridized carbons (Fsp3) is 0.200. The summed E-state index contributed by atoms with van der Waals surface area (Å²) in [5.41, 5.74) is 2.80. The van der Waals surface area contributed by atoms with Gasteiger partial charge >= 0.3 is 0 Å². The summed E-state index contributed by atoms with van der Waals surface area (Å²) in [6.45, 7) is 0. The first-order valence-electron chi connectivity index (χ1n) is 12.1. The average Bonchev–Trinajstić information content (AvgIpc) is 2.86. The number of aryl methyl sites for hydroxylation is 1. The lowest BCUT2D eigenvalue weighted by molar-refractivity contribution is 0.357. The van der Waals surface area contributed by atoms with Gasteiger partial charge in [-0.05, 0) is 108 Å². The summed E-state index contributed by atoms with van der Waals surface area (Å²) < 4.78 is 0. The van der Waals surface area contributed by atoms with E-state index in [4.69, 9.17) is 0 Å². The minimum absolute atomic E-state index is 0.0947. The van der Waals surface area contributed by atoms with Crippen molar-refractivity contribution in [2.24, 2.45) is 5.92 Å². The molecule has 8 heteroatoms. The summed E-state index contributed by atoms with van der Waals surface area (Å²) in [5.74, 6) is -3.33. The molecule has 8 N–H and O–H groups in total. The van der Waals surface area contributed by atoms with Gasteiger partial charge in [0.15, 0.2) is 34.5 Å². The predicted molar refractivity (Wildman–Crippen MR) is 141 cm³/mol. The summed E-state index contributed by atoms with van der Waals surface area (Å²) >= 11 is 0. The van der Waals surface area contributed by atoms with Crippen molar-refractivity contribution in [3.05, 3.63) is 95.1 Å². The van der Waals surface area contributed by atoms with Crippen molar-refractivity contribution in [1.29, 1.82) is 0 Å². The van der Waals surface area contributed by atoms with Gasteiger partial charge in [0, 0.05) is 0 Å². The smallest absolute Gasteiger partial charge is 0.200 e. The standard InChI is InChI=1S/C30H30O8/c31-22-5-1-3-17(10-22)9-20(8-7-19-13-25(33)29(37)26(34)14-19)24(12-18-4-2-6-23(32)11-18)21-15-27(35)30(38)28(36)16-21/h1-6,10-11,13-16,20,24,31-38H,7-9,12H2/t20-,24-/m0/s1.